The van der Waals surface area contributed by atoms with Crippen LogP contribution in [0.4, 0.5) is 17.1 Å². The van der Waals surface area contributed by atoms with Gasteiger partial charge in [-0.25, -0.2) is 0 Å². The number of benzene rings is 2. The summed E-state index contributed by atoms with van der Waals surface area (Å²) in [6.07, 6.45) is 8.27. The molecular formula is C33H44N4O3. The lowest BCUT2D eigenvalue weighted by atomic mass is 9.82. The van der Waals surface area contributed by atoms with E-state index in [-0.39, 0.29) is 24.3 Å². The third-order valence-electron chi connectivity index (χ3n) is 8.35. The molecular weight excluding hydrogens is 500 g/mol. The fraction of sp³-hybridized carbons (Fsp3) is 0.485. The van der Waals surface area contributed by atoms with E-state index in [0.29, 0.717) is 25.3 Å². The van der Waals surface area contributed by atoms with Gasteiger partial charge < -0.3 is 20.9 Å². The molecule has 2 aliphatic rings. The summed E-state index contributed by atoms with van der Waals surface area (Å²) in [5.74, 6) is -1.50. The first-order valence-electron chi connectivity index (χ1n) is 14.7. The van der Waals surface area contributed by atoms with Crippen molar-refractivity contribution in [2.24, 2.45) is 29.4 Å². The lowest BCUT2D eigenvalue weighted by Crippen LogP contribution is -2.54. The third kappa shape index (κ3) is 6.93. The molecule has 40 heavy (non-hydrogen) atoms. The van der Waals surface area contributed by atoms with Gasteiger partial charge in [0.05, 0.1) is 29.8 Å². The predicted octanol–water partition coefficient (Wildman–Crippen LogP) is 5.58. The van der Waals surface area contributed by atoms with E-state index in [9.17, 15) is 14.4 Å². The Bertz CT molecular complexity index is 1180. The van der Waals surface area contributed by atoms with Crippen molar-refractivity contribution >= 4 is 34.8 Å². The molecule has 3 atom stereocenters. The number of primary amides is 1. The molecule has 0 spiro atoms. The van der Waals surface area contributed by atoms with E-state index < -0.39 is 23.8 Å². The molecule has 1 fully saturated rings. The van der Waals surface area contributed by atoms with Gasteiger partial charge in [-0.1, -0.05) is 75.9 Å². The van der Waals surface area contributed by atoms with E-state index in [1.807, 2.05) is 73.3 Å². The van der Waals surface area contributed by atoms with Crippen molar-refractivity contribution in [1.29, 1.82) is 0 Å². The maximum atomic E-state index is 14.3. The maximum Gasteiger partial charge on any atom is 0.251 e. The van der Waals surface area contributed by atoms with Crippen LogP contribution in [-0.4, -0.2) is 36.9 Å². The predicted molar refractivity (Wildman–Crippen MR) is 161 cm³/mol. The molecule has 1 unspecified atom stereocenters. The molecule has 0 aromatic heterocycles. The van der Waals surface area contributed by atoms with Crippen LogP contribution in [0.5, 0.6) is 0 Å². The minimum absolute atomic E-state index is 0.125. The summed E-state index contributed by atoms with van der Waals surface area (Å²) >= 11 is 0. The SMILES string of the molecule is C=CC[C@H](C(N)=O)[C@@H](CC(C)C)C(=O)NC1CN(c2ccccc2)c2ccccc2N(CCC2CCCC2)C1=O. The number of nitrogens with one attached hydrogen (secondary N) is 1. The number of carbonyl (C=O) groups is 3. The van der Waals surface area contributed by atoms with Gasteiger partial charge in [0.2, 0.25) is 11.8 Å². The summed E-state index contributed by atoms with van der Waals surface area (Å²) in [4.78, 5) is 44.5. The molecule has 3 amide bonds. The second-order valence-corrected chi connectivity index (χ2v) is 11.7. The second-order valence-electron chi connectivity index (χ2n) is 11.7. The minimum Gasteiger partial charge on any atom is -0.369 e. The summed E-state index contributed by atoms with van der Waals surface area (Å²) < 4.78 is 0. The zero-order chi connectivity index (χ0) is 28.6. The van der Waals surface area contributed by atoms with Gasteiger partial charge in [0.15, 0.2) is 0 Å². The molecule has 1 aliphatic carbocycles. The van der Waals surface area contributed by atoms with E-state index in [4.69, 9.17) is 5.73 Å². The van der Waals surface area contributed by atoms with Crippen LogP contribution in [0.15, 0.2) is 67.3 Å². The van der Waals surface area contributed by atoms with Gasteiger partial charge in [-0.3, -0.25) is 14.4 Å². The van der Waals surface area contributed by atoms with Gasteiger partial charge in [0.25, 0.3) is 5.91 Å². The van der Waals surface area contributed by atoms with E-state index in [1.54, 1.807) is 6.08 Å². The zero-order valence-electron chi connectivity index (χ0n) is 23.9. The summed E-state index contributed by atoms with van der Waals surface area (Å²) in [7, 11) is 0. The highest BCUT2D eigenvalue weighted by Gasteiger charge is 2.39. The van der Waals surface area contributed by atoms with Crippen molar-refractivity contribution in [3.63, 3.8) is 0 Å². The first-order chi connectivity index (χ1) is 19.3. The number of fused-ring (bicyclic) bond motifs is 1. The Hall–Kier alpha value is -3.61. The minimum atomic E-state index is -0.796. The van der Waals surface area contributed by atoms with Crippen molar-refractivity contribution in [2.75, 3.05) is 22.9 Å². The molecule has 0 saturated heterocycles. The Morgan fingerprint density at radius 1 is 1.02 bits per heavy atom. The Morgan fingerprint density at radius 3 is 2.30 bits per heavy atom. The molecule has 1 saturated carbocycles. The number of nitrogens with zero attached hydrogens (tertiary/aromatic N) is 2. The molecule has 214 valence electrons. The number of amides is 3. The van der Waals surface area contributed by atoms with Crippen LogP contribution >= 0.6 is 0 Å². The molecule has 0 radical (unpaired) electrons. The zero-order valence-corrected chi connectivity index (χ0v) is 23.9. The van der Waals surface area contributed by atoms with Crippen molar-refractivity contribution in [2.45, 2.75) is 64.8 Å². The average Bonchev–Trinajstić information content (AvgIpc) is 3.43. The molecule has 2 aromatic carbocycles. The largest absolute Gasteiger partial charge is 0.369 e. The van der Waals surface area contributed by atoms with Gasteiger partial charge in [0.1, 0.15) is 6.04 Å². The smallest absolute Gasteiger partial charge is 0.251 e. The highest BCUT2D eigenvalue weighted by molar-refractivity contribution is 6.04. The van der Waals surface area contributed by atoms with Crippen LogP contribution < -0.4 is 20.9 Å². The van der Waals surface area contributed by atoms with E-state index in [1.165, 1.54) is 25.7 Å². The van der Waals surface area contributed by atoms with Crippen LogP contribution in [0.1, 0.15) is 58.8 Å². The van der Waals surface area contributed by atoms with Crippen LogP contribution in [0.3, 0.4) is 0 Å². The number of carbonyl (C=O) groups excluding carboxylic acids is 3. The molecule has 0 bridgehead atoms. The topological polar surface area (TPSA) is 95.7 Å². The third-order valence-corrected chi connectivity index (χ3v) is 8.35. The summed E-state index contributed by atoms with van der Waals surface area (Å²) in [5, 5.41) is 3.09. The number of rotatable bonds is 12. The van der Waals surface area contributed by atoms with Gasteiger partial charge in [-0.05, 0) is 55.4 Å². The molecule has 7 heteroatoms. The van der Waals surface area contributed by atoms with Gasteiger partial charge in [0, 0.05) is 12.2 Å². The van der Waals surface area contributed by atoms with Gasteiger partial charge in [-0.15, -0.1) is 6.58 Å². The van der Waals surface area contributed by atoms with E-state index >= 15 is 0 Å². The Balaban J connectivity index is 1.70. The number of allylic oxidation sites excluding steroid dienone is 1. The first-order valence-corrected chi connectivity index (χ1v) is 14.7. The molecule has 3 N–H and O–H groups in total. The van der Waals surface area contributed by atoms with Crippen LogP contribution in [-0.2, 0) is 14.4 Å². The normalized spacial score (nSPS) is 19.2. The summed E-state index contributed by atoms with van der Waals surface area (Å²) in [5.41, 5.74) is 8.48. The van der Waals surface area contributed by atoms with Gasteiger partial charge >= 0.3 is 0 Å². The maximum absolute atomic E-state index is 14.3. The standard InChI is InChI=1S/C33H44N4O3/c1-4-12-26(31(34)38)27(21-23(2)3)32(39)35-28-22-37(25-15-6-5-7-16-25)30-18-11-10-17-29(30)36(33(28)40)20-19-24-13-8-9-14-24/h4-7,10-11,15-18,23-24,26-28H,1,8-9,12-14,19-22H2,2-3H3,(H2,34,38)(H,35,39)/t26-,27+,28?/m0/s1. The highest BCUT2D eigenvalue weighted by Crippen LogP contribution is 2.38. The molecule has 1 aliphatic heterocycles. The fourth-order valence-corrected chi connectivity index (χ4v) is 6.29. The number of anilines is 3. The first kappa shape index (κ1) is 29.4. The van der Waals surface area contributed by atoms with Crippen molar-refractivity contribution in [1.82, 2.24) is 5.32 Å². The lowest BCUT2D eigenvalue weighted by Gasteiger charge is -2.30. The number of hydrogen-bond donors (Lipinski definition) is 2. The number of nitrogens with two attached hydrogens (primary N) is 1. The summed E-state index contributed by atoms with van der Waals surface area (Å²) in [6, 6.07) is 17.1. The Morgan fingerprint density at radius 2 is 1.68 bits per heavy atom. The monoisotopic (exact) mass is 544 g/mol. The quantitative estimate of drug-likeness (QED) is 0.341. The Kier molecular flexibility index (Phi) is 10.0. The average molecular weight is 545 g/mol. The van der Waals surface area contributed by atoms with Crippen LogP contribution in [0.2, 0.25) is 0 Å². The number of hydrogen-bond acceptors (Lipinski definition) is 4. The Labute approximate surface area is 238 Å². The fourth-order valence-electron chi connectivity index (χ4n) is 6.29. The van der Waals surface area contributed by atoms with Crippen molar-refractivity contribution in [3.05, 3.63) is 67.3 Å². The molecule has 1 heterocycles. The molecule has 7 nitrogen and oxygen atoms in total. The molecule has 4 rings (SSSR count). The highest BCUT2D eigenvalue weighted by atomic mass is 16.2. The van der Waals surface area contributed by atoms with Crippen molar-refractivity contribution < 1.29 is 14.4 Å². The lowest BCUT2D eigenvalue weighted by molar-refractivity contribution is -0.135. The summed E-state index contributed by atoms with van der Waals surface area (Å²) in [6.45, 7) is 8.68. The van der Waals surface area contributed by atoms with Crippen molar-refractivity contribution in [3.8, 4) is 0 Å². The molecule has 2 aromatic rings. The van der Waals surface area contributed by atoms with E-state index in [2.05, 4.69) is 16.8 Å². The number of para-hydroxylation sites is 3. The van der Waals surface area contributed by atoms with E-state index in [0.717, 1.165) is 23.5 Å². The second kappa shape index (κ2) is 13.6. The van der Waals surface area contributed by atoms with Crippen LogP contribution in [0, 0.1) is 23.7 Å². The van der Waals surface area contributed by atoms with Gasteiger partial charge in [-0.2, -0.15) is 0 Å². The van der Waals surface area contributed by atoms with Crippen LogP contribution in [0.25, 0.3) is 0 Å².